The van der Waals surface area contributed by atoms with Crippen LogP contribution in [0.1, 0.15) is 44.7 Å². The van der Waals surface area contributed by atoms with Crippen LogP contribution in [0.3, 0.4) is 0 Å². The summed E-state index contributed by atoms with van der Waals surface area (Å²) in [5.74, 6) is 6.96. The first-order valence-electron chi connectivity index (χ1n) is 5.86. The monoisotopic (exact) mass is 200 g/mol. The Morgan fingerprint density at radius 1 is 1.13 bits per heavy atom. The average Bonchev–Trinajstić information content (AvgIpc) is 2.28. The van der Waals surface area contributed by atoms with Crippen LogP contribution in [0.25, 0.3) is 0 Å². The van der Waals surface area contributed by atoms with Crippen molar-refractivity contribution in [3.05, 3.63) is 35.4 Å². The molecule has 15 heavy (non-hydrogen) atoms. The normalized spacial score (nSPS) is 11.7. The van der Waals surface area contributed by atoms with Gasteiger partial charge >= 0.3 is 0 Å². The fourth-order valence-electron chi connectivity index (χ4n) is 1.35. The van der Waals surface area contributed by atoms with Crippen LogP contribution >= 0.6 is 0 Å². The van der Waals surface area contributed by atoms with E-state index in [1.165, 1.54) is 18.4 Å². The fraction of sp³-hybridized carbons (Fsp3) is 0.467. The van der Waals surface area contributed by atoms with Crippen molar-refractivity contribution < 1.29 is 0 Å². The summed E-state index contributed by atoms with van der Waals surface area (Å²) in [6.45, 7) is 6.54. The second-order valence-corrected chi connectivity index (χ2v) is 4.03. The van der Waals surface area contributed by atoms with E-state index >= 15 is 0 Å². The highest BCUT2D eigenvalue weighted by molar-refractivity contribution is 5.36. The zero-order valence-corrected chi connectivity index (χ0v) is 10.0. The van der Waals surface area contributed by atoms with Crippen molar-refractivity contribution in [1.82, 2.24) is 0 Å². The Morgan fingerprint density at radius 2 is 1.80 bits per heavy atom. The summed E-state index contributed by atoms with van der Waals surface area (Å²) < 4.78 is 0. The van der Waals surface area contributed by atoms with E-state index in [4.69, 9.17) is 0 Å². The van der Waals surface area contributed by atoms with Crippen LogP contribution in [0.15, 0.2) is 24.3 Å². The highest BCUT2D eigenvalue weighted by atomic mass is 14.0. The number of benzene rings is 1. The minimum absolute atomic E-state index is 0.500. The van der Waals surface area contributed by atoms with Crippen molar-refractivity contribution in [1.29, 1.82) is 0 Å². The molecule has 80 valence electrons. The van der Waals surface area contributed by atoms with Gasteiger partial charge in [0, 0.05) is 11.5 Å². The van der Waals surface area contributed by atoms with E-state index in [1.54, 1.807) is 0 Å². The third-order valence-electron chi connectivity index (χ3n) is 2.57. The Hall–Kier alpha value is -1.22. The zero-order chi connectivity index (χ0) is 11.1. The summed E-state index contributed by atoms with van der Waals surface area (Å²) in [7, 11) is 0. The molecule has 0 radical (unpaired) electrons. The molecule has 0 aliphatic rings. The minimum Gasteiger partial charge on any atom is -0.0948 e. The summed E-state index contributed by atoms with van der Waals surface area (Å²) in [4.78, 5) is 0. The molecule has 0 aliphatic carbocycles. The molecule has 1 unspecified atom stereocenters. The predicted molar refractivity (Wildman–Crippen MR) is 66.8 cm³/mol. The third kappa shape index (κ3) is 4.21. The first-order valence-corrected chi connectivity index (χ1v) is 5.86. The number of hydrogen-bond donors (Lipinski definition) is 0. The first-order chi connectivity index (χ1) is 7.26. The third-order valence-corrected chi connectivity index (χ3v) is 2.57. The summed E-state index contributed by atoms with van der Waals surface area (Å²) in [5, 5.41) is 0. The Kier molecular flexibility index (Phi) is 4.98. The molecule has 0 fully saturated rings. The molecular weight excluding hydrogens is 180 g/mol. The lowest BCUT2D eigenvalue weighted by atomic mass is 10.1. The first kappa shape index (κ1) is 11.9. The molecule has 1 atom stereocenters. The smallest absolute Gasteiger partial charge is 0.0245 e. The highest BCUT2D eigenvalue weighted by Gasteiger charge is 1.92. The van der Waals surface area contributed by atoms with E-state index in [1.807, 2.05) is 0 Å². The SMILES string of the molecule is CCCc1ccc(C#CC(C)CC)cc1. The topological polar surface area (TPSA) is 0 Å². The standard InChI is InChI=1S/C15H20/c1-4-6-14-9-11-15(12-10-14)8-7-13(3)5-2/h9-13H,4-6H2,1-3H3. The largest absolute Gasteiger partial charge is 0.0948 e. The van der Waals surface area contributed by atoms with Gasteiger partial charge in [-0.05, 0) is 30.5 Å². The molecular formula is C15H20. The van der Waals surface area contributed by atoms with Crippen LogP contribution in [0, 0.1) is 17.8 Å². The minimum atomic E-state index is 0.500. The summed E-state index contributed by atoms with van der Waals surface area (Å²) in [6, 6.07) is 8.62. The quantitative estimate of drug-likeness (QED) is 0.646. The van der Waals surface area contributed by atoms with Crippen LogP contribution in [-0.4, -0.2) is 0 Å². The molecule has 0 saturated carbocycles. The molecule has 0 N–H and O–H groups in total. The van der Waals surface area contributed by atoms with E-state index in [-0.39, 0.29) is 0 Å². The van der Waals surface area contributed by atoms with Gasteiger partial charge in [0.2, 0.25) is 0 Å². The lowest BCUT2D eigenvalue weighted by molar-refractivity contribution is 0.723. The van der Waals surface area contributed by atoms with Gasteiger partial charge in [-0.1, -0.05) is 51.2 Å². The second-order valence-electron chi connectivity index (χ2n) is 4.03. The molecule has 0 spiro atoms. The van der Waals surface area contributed by atoms with Crippen molar-refractivity contribution in [3.63, 3.8) is 0 Å². The lowest BCUT2D eigenvalue weighted by Crippen LogP contribution is -1.86. The molecule has 1 rings (SSSR count). The number of hydrogen-bond acceptors (Lipinski definition) is 0. The van der Waals surface area contributed by atoms with Gasteiger partial charge in [0.15, 0.2) is 0 Å². The summed E-state index contributed by atoms with van der Waals surface area (Å²) in [6.07, 6.45) is 3.50. The zero-order valence-electron chi connectivity index (χ0n) is 10.0. The Morgan fingerprint density at radius 3 is 2.33 bits per heavy atom. The van der Waals surface area contributed by atoms with Gasteiger partial charge in [-0.25, -0.2) is 0 Å². The van der Waals surface area contributed by atoms with Crippen molar-refractivity contribution in [2.75, 3.05) is 0 Å². The van der Waals surface area contributed by atoms with E-state index in [9.17, 15) is 0 Å². The van der Waals surface area contributed by atoms with Crippen molar-refractivity contribution >= 4 is 0 Å². The van der Waals surface area contributed by atoms with E-state index in [2.05, 4.69) is 56.9 Å². The second kappa shape index (κ2) is 6.30. The van der Waals surface area contributed by atoms with Crippen LogP contribution in [-0.2, 0) is 6.42 Å². The molecule has 1 aromatic rings. The van der Waals surface area contributed by atoms with Gasteiger partial charge in [0.05, 0.1) is 0 Å². The highest BCUT2D eigenvalue weighted by Crippen LogP contribution is 2.06. The molecule has 0 heteroatoms. The van der Waals surface area contributed by atoms with Gasteiger partial charge in [-0.3, -0.25) is 0 Å². The van der Waals surface area contributed by atoms with Gasteiger partial charge in [0.1, 0.15) is 0 Å². The number of aryl methyl sites for hydroxylation is 1. The molecule has 0 heterocycles. The van der Waals surface area contributed by atoms with Crippen LogP contribution in [0.2, 0.25) is 0 Å². The lowest BCUT2D eigenvalue weighted by Gasteiger charge is -1.98. The summed E-state index contributed by atoms with van der Waals surface area (Å²) >= 11 is 0. The van der Waals surface area contributed by atoms with Crippen LogP contribution < -0.4 is 0 Å². The van der Waals surface area contributed by atoms with E-state index in [0.29, 0.717) is 5.92 Å². The van der Waals surface area contributed by atoms with Gasteiger partial charge in [0.25, 0.3) is 0 Å². The average molecular weight is 200 g/mol. The molecule has 0 saturated heterocycles. The molecule has 1 aromatic carbocycles. The van der Waals surface area contributed by atoms with Gasteiger partial charge in [-0.15, -0.1) is 0 Å². The number of rotatable bonds is 3. The van der Waals surface area contributed by atoms with E-state index < -0.39 is 0 Å². The maximum atomic E-state index is 3.25. The molecule has 0 amide bonds. The summed E-state index contributed by atoms with van der Waals surface area (Å²) in [5.41, 5.74) is 2.54. The van der Waals surface area contributed by atoms with Crippen LogP contribution in [0.4, 0.5) is 0 Å². The van der Waals surface area contributed by atoms with Gasteiger partial charge in [-0.2, -0.15) is 0 Å². The Bertz CT molecular complexity index is 335. The Labute approximate surface area is 93.7 Å². The molecule has 0 bridgehead atoms. The Balaban J connectivity index is 2.66. The predicted octanol–water partition coefficient (Wildman–Crippen LogP) is 4.04. The van der Waals surface area contributed by atoms with Crippen molar-refractivity contribution in [2.45, 2.75) is 40.0 Å². The van der Waals surface area contributed by atoms with Gasteiger partial charge < -0.3 is 0 Å². The molecule has 0 aliphatic heterocycles. The fourth-order valence-corrected chi connectivity index (χ4v) is 1.35. The molecule has 0 aromatic heterocycles. The maximum Gasteiger partial charge on any atom is 0.0245 e. The maximum absolute atomic E-state index is 3.25. The van der Waals surface area contributed by atoms with Crippen molar-refractivity contribution in [2.24, 2.45) is 5.92 Å². The van der Waals surface area contributed by atoms with Crippen molar-refractivity contribution in [3.8, 4) is 11.8 Å². The van der Waals surface area contributed by atoms with E-state index in [0.717, 1.165) is 12.0 Å². The van der Waals surface area contributed by atoms with Crippen LogP contribution in [0.5, 0.6) is 0 Å². The molecule has 0 nitrogen and oxygen atoms in total.